The van der Waals surface area contributed by atoms with Crippen LogP contribution in [0.5, 0.6) is 5.75 Å². The molecule has 32 heavy (non-hydrogen) atoms. The number of imidazole rings is 1. The second-order valence-electron chi connectivity index (χ2n) is 7.50. The first-order chi connectivity index (χ1) is 15.6. The van der Waals surface area contributed by atoms with E-state index in [2.05, 4.69) is 11.1 Å². The molecule has 6 heteroatoms. The summed E-state index contributed by atoms with van der Waals surface area (Å²) < 4.78 is 13.8. The van der Waals surface area contributed by atoms with E-state index in [0.29, 0.717) is 17.9 Å². The molecule has 0 aliphatic rings. The minimum absolute atomic E-state index is 0.342. The normalized spacial score (nSPS) is 11.7. The molecule has 2 N–H and O–H groups in total. The summed E-state index contributed by atoms with van der Waals surface area (Å²) in [6.45, 7) is 0.364. The van der Waals surface area contributed by atoms with Crippen LogP contribution in [0.1, 0.15) is 28.5 Å². The SMILES string of the molecule is COc1cccc(-c2cc(N)ccc2COC(c2ccc(C#N)cc2)c2cncn2C)c1. The van der Waals surface area contributed by atoms with Crippen LogP contribution in [-0.2, 0) is 18.4 Å². The van der Waals surface area contributed by atoms with Crippen molar-refractivity contribution in [1.29, 1.82) is 5.26 Å². The molecule has 160 valence electrons. The first-order valence-electron chi connectivity index (χ1n) is 10.2. The van der Waals surface area contributed by atoms with Gasteiger partial charge in [-0.3, -0.25) is 0 Å². The summed E-state index contributed by atoms with van der Waals surface area (Å²) in [6.07, 6.45) is 3.21. The largest absolute Gasteiger partial charge is 0.497 e. The number of anilines is 1. The van der Waals surface area contributed by atoms with Crippen LogP contribution in [0.2, 0.25) is 0 Å². The molecule has 4 aromatic rings. The third-order valence-electron chi connectivity index (χ3n) is 5.39. The molecule has 6 nitrogen and oxygen atoms in total. The summed E-state index contributed by atoms with van der Waals surface area (Å²) in [5.74, 6) is 0.780. The number of rotatable bonds is 7. The predicted molar refractivity (Wildman–Crippen MR) is 124 cm³/mol. The van der Waals surface area contributed by atoms with Crippen LogP contribution in [0, 0.1) is 11.3 Å². The molecule has 1 unspecified atom stereocenters. The summed E-state index contributed by atoms with van der Waals surface area (Å²) in [7, 11) is 3.59. The van der Waals surface area contributed by atoms with Gasteiger partial charge in [-0.25, -0.2) is 4.98 Å². The van der Waals surface area contributed by atoms with Crippen molar-refractivity contribution in [1.82, 2.24) is 9.55 Å². The van der Waals surface area contributed by atoms with E-state index in [1.54, 1.807) is 31.8 Å². The number of nitriles is 1. The van der Waals surface area contributed by atoms with Crippen molar-refractivity contribution in [3.05, 3.63) is 102 Å². The molecule has 0 radical (unpaired) electrons. The molecule has 0 saturated heterocycles. The van der Waals surface area contributed by atoms with Crippen LogP contribution < -0.4 is 10.5 Å². The van der Waals surface area contributed by atoms with Crippen molar-refractivity contribution in [2.75, 3.05) is 12.8 Å². The Kier molecular flexibility index (Phi) is 6.20. The van der Waals surface area contributed by atoms with E-state index in [1.807, 2.05) is 66.2 Å². The molecule has 1 heterocycles. The first-order valence-corrected chi connectivity index (χ1v) is 10.2. The maximum Gasteiger partial charge on any atom is 0.124 e. The Balaban J connectivity index is 1.68. The van der Waals surface area contributed by atoms with E-state index in [1.165, 1.54) is 0 Å². The zero-order valence-electron chi connectivity index (χ0n) is 18.0. The first kappa shape index (κ1) is 21.2. The van der Waals surface area contributed by atoms with E-state index >= 15 is 0 Å². The Bertz CT molecular complexity index is 1260. The van der Waals surface area contributed by atoms with Gasteiger partial charge in [-0.05, 0) is 58.7 Å². The van der Waals surface area contributed by atoms with Crippen LogP contribution in [0.15, 0.2) is 79.3 Å². The van der Waals surface area contributed by atoms with Crippen LogP contribution in [0.3, 0.4) is 0 Å². The van der Waals surface area contributed by atoms with Gasteiger partial charge in [-0.15, -0.1) is 0 Å². The second-order valence-corrected chi connectivity index (χ2v) is 7.50. The van der Waals surface area contributed by atoms with Crippen LogP contribution in [-0.4, -0.2) is 16.7 Å². The van der Waals surface area contributed by atoms with Crippen LogP contribution in [0.4, 0.5) is 5.69 Å². The Morgan fingerprint density at radius 3 is 2.59 bits per heavy atom. The third-order valence-corrected chi connectivity index (χ3v) is 5.39. The summed E-state index contributed by atoms with van der Waals surface area (Å²) in [6, 6.07) is 23.3. The average molecular weight is 425 g/mol. The van der Waals surface area contributed by atoms with Gasteiger partial charge in [0.05, 0.1) is 43.6 Å². The quantitative estimate of drug-likeness (QED) is 0.428. The Morgan fingerprint density at radius 1 is 1.09 bits per heavy atom. The highest BCUT2D eigenvalue weighted by Crippen LogP contribution is 2.32. The molecule has 4 rings (SSSR count). The standard InChI is InChI=1S/C26H24N4O2/c1-30-17-29-15-25(30)26(19-8-6-18(14-27)7-9-19)32-16-21-10-11-22(28)13-24(21)20-4-3-5-23(12-20)31-2/h3-13,15,17,26H,16,28H2,1-2H3. The topological polar surface area (TPSA) is 86.1 Å². The molecule has 0 fully saturated rings. The fourth-order valence-corrected chi connectivity index (χ4v) is 3.66. The van der Waals surface area contributed by atoms with Crippen molar-refractivity contribution >= 4 is 5.69 Å². The molecule has 1 aromatic heterocycles. The Hall–Kier alpha value is -4.08. The number of nitrogen functional groups attached to an aromatic ring is 1. The molecule has 1 atom stereocenters. The number of hydrogen-bond donors (Lipinski definition) is 1. The monoisotopic (exact) mass is 424 g/mol. The fraction of sp³-hybridized carbons (Fsp3) is 0.154. The lowest BCUT2D eigenvalue weighted by Crippen LogP contribution is -2.11. The molecule has 0 bridgehead atoms. The van der Waals surface area contributed by atoms with Gasteiger partial charge in [0, 0.05) is 12.7 Å². The maximum absolute atomic E-state index is 9.13. The van der Waals surface area contributed by atoms with Crippen molar-refractivity contribution in [2.45, 2.75) is 12.7 Å². The lowest BCUT2D eigenvalue weighted by atomic mass is 9.99. The van der Waals surface area contributed by atoms with Gasteiger partial charge in [0.15, 0.2) is 0 Å². The van der Waals surface area contributed by atoms with Gasteiger partial charge >= 0.3 is 0 Å². The number of aromatic nitrogens is 2. The molecule has 0 spiro atoms. The van der Waals surface area contributed by atoms with Gasteiger partial charge in [0.2, 0.25) is 0 Å². The number of methoxy groups -OCH3 is 1. The number of nitrogens with zero attached hydrogens (tertiary/aromatic N) is 3. The number of benzene rings is 3. The lowest BCUT2D eigenvalue weighted by molar-refractivity contribution is 0.0624. The third kappa shape index (κ3) is 4.48. The number of aryl methyl sites for hydroxylation is 1. The van der Waals surface area contributed by atoms with Crippen molar-refractivity contribution in [3.8, 4) is 22.9 Å². The highest BCUT2D eigenvalue weighted by molar-refractivity contribution is 5.72. The van der Waals surface area contributed by atoms with Crippen LogP contribution >= 0.6 is 0 Å². The van der Waals surface area contributed by atoms with Crippen molar-refractivity contribution in [2.24, 2.45) is 7.05 Å². The molecule has 0 aliphatic carbocycles. The van der Waals surface area contributed by atoms with E-state index in [-0.39, 0.29) is 6.10 Å². The molecular formula is C26H24N4O2. The van der Waals surface area contributed by atoms with Gasteiger partial charge in [-0.1, -0.05) is 30.3 Å². The molecule has 0 amide bonds. The van der Waals surface area contributed by atoms with Gasteiger partial charge in [-0.2, -0.15) is 5.26 Å². The zero-order valence-corrected chi connectivity index (χ0v) is 18.0. The smallest absolute Gasteiger partial charge is 0.124 e. The average Bonchev–Trinajstić information content (AvgIpc) is 3.26. The van der Waals surface area contributed by atoms with Gasteiger partial charge in [0.1, 0.15) is 11.9 Å². The minimum atomic E-state index is -0.342. The molecule has 0 aliphatic heterocycles. The molecule has 0 saturated carbocycles. The molecular weight excluding hydrogens is 400 g/mol. The highest BCUT2D eigenvalue weighted by Gasteiger charge is 2.19. The van der Waals surface area contributed by atoms with Gasteiger partial charge < -0.3 is 19.8 Å². The summed E-state index contributed by atoms with van der Waals surface area (Å²) >= 11 is 0. The fourth-order valence-electron chi connectivity index (χ4n) is 3.66. The lowest BCUT2D eigenvalue weighted by Gasteiger charge is -2.20. The van der Waals surface area contributed by atoms with E-state index in [9.17, 15) is 0 Å². The predicted octanol–water partition coefficient (Wildman–Crippen LogP) is 4.86. The zero-order chi connectivity index (χ0) is 22.5. The van der Waals surface area contributed by atoms with Crippen molar-refractivity contribution < 1.29 is 9.47 Å². The molecule has 3 aromatic carbocycles. The second kappa shape index (κ2) is 9.38. The summed E-state index contributed by atoms with van der Waals surface area (Å²) in [5.41, 5.74) is 12.3. The van der Waals surface area contributed by atoms with Crippen LogP contribution in [0.25, 0.3) is 11.1 Å². The summed E-state index contributed by atoms with van der Waals surface area (Å²) in [4.78, 5) is 4.25. The highest BCUT2D eigenvalue weighted by atomic mass is 16.5. The summed E-state index contributed by atoms with van der Waals surface area (Å²) in [5, 5.41) is 9.13. The van der Waals surface area contributed by atoms with E-state index in [4.69, 9.17) is 20.5 Å². The Labute approximate surface area is 187 Å². The Morgan fingerprint density at radius 2 is 1.91 bits per heavy atom. The number of nitrogens with two attached hydrogens (primary N) is 1. The number of hydrogen-bond acceptors (Lipinski definition) is 5. The minimum Gasteiger partial charge on any atom is -0.497 e. The maximum atomic E-state index is 9.13. The van der Waals surface area contributed by atoms with E-state index < -0.39 is 0 Å². The number of ether oxygens (including phenoxy) is 2. The van der Waals surface area contributed by atoms with Crippen molar-refractivity contribution in [3.63, 3.8) is 0 Å². The van der Waals surface area contributed by atoms with E-state index in [0.717, 1.165) is 33.7 Å². The van der Waals surface area contributed by atoms with Gasteiger partial charge in [0.25, 0.3) is 0 Å².